The lowest BCUT2D eigenvalue weighted by molar-refractivity contribution is -0.144. The lowest BCUT2D eigenvalue weighted by Crippen LogP contribution is -2.27. The number of aliphatic carboxylic acids is 1. The summed E-state index contributed by atoms with van der Waals surface area (Å²) in [7, 11) is 0. The molecular formula is C16H19ClO2. The second-order valence-electron chi connectivity index (χ2n) is 5.38. The zero-order valence-corrected chi connectivity index (χ0v) is 11.6. The summed E-state index contributed by atoms with van der Waals surface area (Å²) in [6.07, 6.45) is 8.28. The zero-order valence-electron chi connectivity index (χ0n) is 10.8. The van der Waals surface area contributed by atoms with E-state index in [0.29, 0.717) is 0 Å². The van der Waals surface area contributed by atoms with Crippen molar-refractivity contribution < 1.29 is 9.90 Å². The largest absolute Gasteiger partial charge is 0.481 e. The van der Waals surface area contributed by atoms with Crippen LogP contribution in [0.15, 0.2) is 36.4 Å². The maximum Gasteiger partial charge on any atom is 0.307 e. The van der Waals surface area contributed by atoms with E-state index in [4.69, 9.17) is 0 Å². The highest BCUT2D eigenvalue weighted by molar-refractivity contribution is 5.85. The Bertz CT molecular complexity index is 495. The van der Waals surface area contributed by atoms with Gasteiger partial charge >= 0.3 is 5.97 Å². The van der Waals surface area contributed by atoms with Crippen LogP contribution in [-0.4, -0.2) is 11.1 Å². The van der Waals surface area contributed by atoms with Crippen molar-refractivity contribution in [2.24, 2.45) is 11.8 Å². The minimum atomic E-state index is -0.631. The number of benzene rings is 1. The van der Waals surface area contributed by atoms with Crippen LogP contribution in [0.4, 0.5) is 0 Å². The molecule has 0 fully saturated rings. The first kappa shape index (κ1) is 14.1. The number of carbonyl (C=O) groups is 1. The molecule has 2 aliphatic carbocycles. The summed E-state index contributed by atoms with van der Waals surface area (Å²) >= 11 is 0. The minimum absolute atomic E-state index is 0. The van der Waals surface area contributed by atoms with Crippen LogP contribution in [0, 0.1) is 11.8 Å². The van der Waals surface area contributed by atoms with E-state index in [1.54, 1.807) is 0 Å². The average Bonchev–Trinajstić information content (AvgIpc) is 3.00. The van der Waals surface area contributed by atoms with E-state index >= 15 is 0 Å². The predicted octanol–water partition coefficient (Wildman–Crippen LogP) is 3.81. The fourth-order valence-electron chi connectivity index (χ4n) is 3.57. The van der Waals surface area contributed by atoms with E-state index in [2.05, 4.69) is 24.3 Å². The van der Waals surface area contributed by atoms with Crippen molar-refractivity contribution >= 4 is 18.4 Å². The van der Waals surface area contributed by atoms with E-state index in [1.165, 1.54) is 11.1 Å². The number of allylic oxidation sites excluding steroid dienone is 2. The molecule has 1 aromatic rings. The van der Waals surface area contributed by atoms with Crippen LogP contribution in [0.2, 0.25) is 0 Å². The van der Waals surface area contributed by atoms with Crippen molar-refractivity contribution in [3.8, 4) is 0 Å². The molecule has 1 aromatic carbocycles. The van der Waals surface area contributed by atoms with E-state index in [0.717, 1.165) is 25.7 Å². The molecule has 0 heterocycles. The molecule has 0 bridgehead atoms. The van der Waals surface area contributed by atoms with Gasteiger partial charge in [0.1, 0.15) is 0 Å². The van der Waals surface area contributed by atoms with Gasteiger partial charge in [0.25, 0.3) is 0 Å². The van der Waals surface area contributed by atoms with Gasteiger partial charge in [0.2, 0.25) is 0 Å². The quantitative estimate of drug-likeness (QED) is 0.854. The first-order valence-electron chi connectivity index (χ1n) is 6.74. The highest BCUT2D eigenvalue weighted by Crippen LogP contribution is 2.43. The summed E-state index contributed by atoms with van der Waals surface area (Å²) in [5.41, 5.74) is 2.61. The van der Waals surface area contributed by atoms with Gasteiger partial charge in [-0.15, -0.1) is 12.4 Å². The fraction of sp³-hybridized carbons (Fsp3) is 0.438. The van der Waals surface area contributed by atoms with Gasteiger partial charge in [-0.3, -0.25) is 4.79 Å². The molecule has 3 heteroatoms. The highest BCUT2D eigenvalue weighted by atomic mass is 35.5. The number of hydrogen-bond donors (Lipinski definition) is 1. The maximum atomic E-state index is 11.6. The van der Waals surface area contributed by atoms with Crippen LogP contribution in [0.25, 0.3) is 0 Å². The topological polar surface area (TPSA) is 37.3 Å². The number of rotatable bonds is 3. The number of fused-ring (bicyclic) bond motifs is 1. The van der Waals surface area contributed by atoms with Gasteiger partial charge in [0, 0.05) is 0 Å². The van der Waals surface area contributed by atoms with Crippen LogP contribution >= 0.6 is 12.4 Å². The van der Waals surface area contributed by atoms with Crippen molar-refractivity contribution in [3.05, 3.63) is 47.5 Å². The third-order valence-electron chi connectivity index (χ3n) is 4.41. The third-order valence-corrected chi connectivity index (χ3v) is 4.41. The highest BCUT2D eigenvalue weighted by Gasteiger charge is 2.38. The monoisotopic (exact) mass is 278 g/mol. The van der Waals surface area contributed by atoms with Crippen LogP contribution in [0.5, 0.6) is 0 Å². The molecule has 3 atom stereocenters. The normalized spacial score (nSPS) is 25.7. The molecule has 0 aromatic heterocycles. The van der Waals surface area contributed by atoms with Gasteiger partial charge < -0.3 is 5.11 Å². The molecule has 102 valence electrons. The molecule has 0 aliphatic heterocycles. The van der Waals surface area contributed by atoms with Crippen molar-refractivity contribution in [3.63, 3.8) is 0 Å². The summed E-state index contributed by atoms with van der Waals surface area (Å²) in [6.45, 7) is 0. The number of carboxylic acids is 1. The SMILES string of the molecule is Cl.O=C(O)C(C1C=CCC1)C1CCc2ccccc21. The van der Waals surface area contributed by atoms with E-state index in [-0.39, 0.29) is 30.2 Å². The van der Waals surface area contributed by atoms with Crippen molar-refractivity contribution in [1.29, 1.82) is 0 Å². The smallest absolute Gasteiger partial charge is 0.307 e. The Kier molecular flexibility index (Phi) is 4.31. The summed E-state index contributed by atoms with van der Waals surface area (Å²) in [6, 6.07) is 8.33. The Labute approximate surface area is 119 Å². The molecular weight excluding hydrogens is 260 g/mol. The minimum Gasteiger partial charge on any atom is -0.481 e. The van der Waals surface area contributed by atoms with Gasteiger partial charge in [0.15, 0.2) is 0 Å². The standard InChI is InChI=1S/C16H18O2.ClH/c17-16(18)15(12-6-1-2-7-12)14-10-9-11-5-3-4-8-13(11)14;/h1,3-6,8,12,14-15H,2,7,9-10H2,(H,17,18);1H. The van der Waals surface area contributed by atoms with E-state index in [9.17, 15) is 9.90 Å². The molecule has 1 N–H and O–H groups in total. The summed E-state index contributed by atoms with van der Waals surface area (Å²) in [5.74, 6) is -0.453. The Hall–Kier alpha value is -1.28. The maximum absolute atomic E-state index is 11.6. The second kappa shape index (κ2) is 5.79. The molecule has 3 unspecified atom stereocenters. The van der Waals surface area contributed by atoms with Gasteiger partial charge in [-0.2, -0.15) is 0 Å². The van der Waals surface area contributed by atoms with Gasteiger partial charge in [-0.25, -0.2) is 0 Å². The molecule has 0 spiro atoms. The molecule has 2 nitrogen and oxygen atoms in total. The van der Waals surface area contributed by atoms with E-state index in [1.807, 2.05) is 12.1 Å². The fourth-order valence-corrected chi connectivity index (χ4v) is 3.57. The first-order chi connectivity index (χ1) is 8.77. The van der Waals surface area contributed by atoms with Crippen LogP contribution in [-0.2, 0) is 11.2 Å². The summed E-state index contributed by atoms with van der Waals surface area (Å²) in [5, 5.41) is 9.59. The van der Waals surface area contributed by atoms with Crippen LogP contribution in [0.3, 0.4) is 0 Å². The molecule has 0 amide bonds. The predicted molar refractivity (Wildman–Crippen MR) is 77.7 cm³/mol. The number of halogens is 1. The number of hydrogen-bond acceptors (Lipinski definition) is 1. The van der Waals surface area contributed by atoms with Crippen LogP contribution in [0.1, 0.15) is 36.3 Å². The summed E-state index contributed by atoms with van der Waals surface area (Å²) < 4.78 is 0. The van der Waals surface area contributed by atoms with Crippen LogP contribution < -0.4 is 0 Å². The number of carboxylic acid groups (broad SMARTS) is 1. The Morgan fingerprint density at radius 1 is 1.26 bits per heavy atom. The van der Waals surface area contributed by atoms with Gasteiger partial charge in [0.05, 0.1) is 5.92 Å². The van der Waals surface area contributed by atoms with Crippen molar-refractivity contribution in [2.45, 2.75) is 31.6 Å². The lowest BCUT2D eigenvalue weighted by Gasteiger charge is -2.25. The third kappa shape index (κ3) is 2.55. The summed E-state index contributed by atoms with van der Waals surface area (Å²) in [4.78, 5) is 11.6. The Morgan fingerprint density at radius 3 is 2.74 bits per heavy atom. The molecule has 3 rings (SSSR count). The Morgan fingerprint density at radius 2 is 2.05 bits per heavy atom. The van der Waals surface area contributed by atoms with Gasteiger partial charge in [-0.05, 0) is 48.6 Å². The van der Waals surface area contributed by atoms with E-state index < -0.39 is 5.97 Å². The number of aryl methyl sites for hydroxylation is 1. The lowest BCUT2D eigenvalue weighted by atomic mass is 9.78. The molecule has 0 saturated carbocycles. The average molecular weight is 279 g/mol. The zero-order chi connectivity index (χ0) is 12.5. The molecule has 19 heavy (non-hydrogen) atoms. The van der Waals surface area contributed by atoms with Crippen molar-refractivity contribution in [1.82, 2.24) is 0 Å². The first-order valence-corrected chi connectivity index (χ1v) is 6.74. The molecule has 0 saturated heterocycles. The van der Waals surface area contributed by atoms with Crippen molar-refractivity contribution in [2.75, 3.05) is 0 Å². The second-order valence-corrected chi connectivity index (χ2v) is 5.38. The Balaban J connectivity index is 0.00000133. The molecule has 0 radical (unpaired) electrons. The van der Waals surface area contributed by atoms with Gasteiger partial charge in [-0.1, -0.05) is 36.4 Å². The molecule has 2 aliphatic rings.